The molecule has 0 aliphatic rings. The van der Waals surface area contributed by atoms with Crippen LogP contribution < -0.4 is 5.73 Å². The van der Waals surface area contributed by atoms with Crippen molar-refractivity contribution in [1.82, 2.24) is 0 Å². The largest absolute Gasteiger partial charge is 0.481 e. The normalized spacial score (nSPS) is 13.4. The molecule has 0 radical (unpaired) electrons. The fraction of sp³-hybridized carbons (Fsp3) is 0.778. The molecule has 0 amide bonds. The highest BCUT2D eigenvalue weighted by Gasteiger charge is 2.19. The minimum atomic E-state index is -1.01. The molecule has 0 saturated heterocycles. The Bertz CT molecular complexity index is 219. The molecule has 14 heavy (non-hydrogen) atoms. The lowest BCUT2D eigenvalue weighted by atomic mass is 10.1. The summed E-state index contributed by atoms with van der Waals surface area (Å²) >= 11 is 0. The second-order valence-electron chi connectivity index (χ2n) is 4.15. The molecule has 1 atom stereocenters. The van der Waals surface area contributed by atoms with Crippen molar-refractivity contribution in [2.75, 3.05) is 0 Å². The van der Waals surface area contributed by atoms with Crippen LogP contribution >= 0.6 is 0 Å². The number of carboxylic acids is 1. The molecule has 5 heteroatoms. The Kier molecular flexibility index (Phi) is 4.56. The third-order valence-electron chi connectivity index (χ3n) is 1.29. The maximum atomic E-state index is 11.2. The number of carboxylic acid groups (broad SMARTS) is 1. The van der Waals surface area contributed by atoms with Gasteiger partial charge < -0.3 is 15.6 Å². The molecule has 0 spiro atoms. The van der Waals surface area contributed by atoms with E-state index in [1.54, 1.807) is 20.8 Å². The van der Waals surface area contributed by atoms with Crippen molar-refractivity contribution in [3.63, 3.8) is 0 Å². The summed E-state index contributed by atoms with van der Waals surface area (Å²) in [6.07, 6.45) is -0.289. The number of esters is 1. The van der Waals surface area contributed by atoms with E-state index < -0.39 is 23.6 Å². The molecule has 0 aromatic rings. The van der Waals surface area contributed by atoms with Gasteiger partial charge in [-0.2, -0.15) is 0 Å². The Labute approximate surface area is 83.2 Å². The van der Waals surface area contributed by atoms with E-state index in [0.717, 1.165) is 0 Å². The van der Waals surface area contributed by atoms with Crippen LogP contribution in [0.25, 0.3) is 0 Å². The highest BCUT2D eigenvalue weighted by atomic mass is 16.6. The predicted molar refractivity (Wildman–Crippen MR) is 50.7 cm³/mol. The van der Waals surface area contributed by atoms with Crippen molar-refractivity contribution in [3.8, 4) is 0 Å². The maximum Gasteiger partial charge on any atom is 0.307 e. The Morgan fingerprint density at radius 1 is 1.36 bits per heavy atom. The van der Waals surface area contributed by atoms with Crippen molar-refractivity contribution in [1.29, 1.82) is 0 Å². The number of hydrogen-bond donors (Lipinski definition) is 2. The highest BCUT2D eigenvalue weighted by Crippen LogP contribution is 2.09. The van der Waals surface area contributed by atoms with Crippen LogP contribution in [0.3, 0.4) is 0 Å². The van der Waals surface area contributed by atoms with Crippen LogP contribution in [0.5, 0.6) is 0 Å². The monoisotopic (exact) mass is 203 g/mol. The number of ether oxygens (including phenoxy) is 1. The van der Waals surface area contributed by atoms with Crippen LogP contribution in [0.15, 0.2) is 0 Å². The molecule has 0 aliphatic carbocycles. The van der Waals surface area contributed by atoms with Gasteiger partial charge in [-0.25, -0.2) is 0 Å². The quantitative estimate of drug-likeness (QED) is 0.650. The van der Waals surface area contributed by atoms with Gasteiger partial charge >= 0.3 is 11.9 Å². The van der Waals surface area contributed by atoms with Crippen molar-refractivity contribution < 1.29 is 19.4 Å². The van der Waals surface area contributed by atoms with Gasteiger partial charge in [-0.15, -0.1) is 0 Å². The van der Waals surface area contributed by atoms with E-state index in [9.17, 15) is 9.59 Å². The molecular formula is C9H17NO4. The van der Waals surface area contributed by atoms with Crippen molar-refractivity contribution in [3.05, 3.63) is 0 Å². The number of rotatable bonds is 4. The number of aliphatic carboxylic acids is 1. The third-order valence-corrected chi connectivity index (χ3v) is 1.29. The van der Waals surface area contributed by atoms with Gasteiger partial charge in [0.15, 0.2) is 0 Å². The lowest BCUT2D eigenvalue weighted by Gasteiger charge is -2.20. The fourth-order valence-electron chi connectivity index (χ4n) is 0.894. The Hall–Kier alpha value is -1.10. The van der Waals surface area contributed by atoms with E-state index in [0.29, 0.717) is 0 Å². The highest BCUT2D eigenvalue weighted by molar-refractivity contribution is 5.73. The van der Waals surface area contributed by atoms with E-state index in [1.807, 2.05) is 0 Å². The van der Waals surface area contributed by atoms with E-state index in [2.05, 4.69) is 0 Å². The van der Waals surface area contributed by atoms with Crippen molar-refractivity contribution in [2.45, 2.75) is 45.3 Å². The average molecular weight is 203 g/mol. The second kappa shape index (κ2) is 4.95. The van der Waals surface area contributed by atoms with Gasteiger partial charge in [-0.1, -0.05) is 0 Å². The van der Waals surface area contributed by atoms with Gasteiger partial charge in [0.1, 0.15) is 5.60 Å². The number of hydrogen-bond acceptors (Lipinski definition) is 4. The summed E-state index contributed by atoms with van der Waals surface area (Å²) in [7, 11) is 0. The molecule has 0 aliphatic heterocycles. The molecule has 5 nitrogen and oxygen atoms in total. The molecule has 0 saturated carbocycles. The molecule has 0 fully saturated rings. The first kappa shape index (κ1) is 12.9. The topological polar surface area (TPSA) is 89.6 Å². The molecule has 0 bridgehead atoms. The van der Waals surface area contributed by atoms with Crippen LogP contribution in [-0.2, 0) is 14.3 Å². The zero-order valence-electron chi connectivity index (χ0n) is 8.74. The molecule has 3 N–H and O–H groups in total. The van der Waals surface area contributed by atoms with Crippen LogP contribution in [0, 0.1) is 0 Å². The molecule has 1 unspecified atom stereocenters. The van der Waals surface area contributed by atoms with Gasteiger partial charge in [0.2, 0.25) is 0 Å². The number of carbonyl (C=O) groups is 2. The summed E-state index contributed by atoms with van der Waals surface area (Å²) in [4.78, 5) is 21.4. The second-order valence-corrected chi connectivity index (χ2v) is 4.15. The number of carbonyl (C=O) groups excluding carboxylic acids is 1. The first-order valence-electron chi connectivity index (χ1n) is 4.40. The van der Waals surface area contributed by atoms with E-state index >= 15 is 0 Å². The van der Waals surface area contributed by atoms with Gasteiger partial charge in [0.25, 0.3) is 0 Å². The third kappa shape index (κ3) is 7.54. The van der Waals surface area contributed by atoms with Crippen LogP contribution in [0.2, 0.25) is 0 Å². The Morgan fingerprint density at radius 3 is 2.21 bits per heavy atom. The first-order chi connectivity index (χ1) is 6.20. The van der Waals surface area contributed by atoms with Crippen molar-refractivity contribution >= 4 is 11.9 Å². The average Bonchev–Trinajstić information content (AvgIpc) is 1.77. The van der Waals surface area contributed by atoms with E-state index in [4.69, 9.17) is 15.6 Å². The zero-order valence-corrected chi connectivity index (χ0v) is 8.74. The molecule has 82 valence electrons. The van der Waals surface area contributed by atoms with Gasteiger partial charge in [-0.05, 0) is 20.8 Å². The molecule has 0 aromatic carbocycles. The van der Waals surface area contributed by atoms with Crippen molar-refractivity contribution in [2.24, 2.45) is 5.73 Å². The lowest BCUT2D eigenvalue weighted by Crippen LogP contribution is -2.31. The lowest BCUT2D eigenvalue weighted by molar-refractivity contribution is -0.155. The smallest absolute Gasteiger partial charge is 0.307 e. The summed E-state index contributed by atoms with van der Waals surface area (Å²) in [6.45, 7) is 5.23. The number of nitrogens with two attached hydrogens (primary N) is 1. The minimum absolute atomic E-state index is 0.0659. The summed E-state index contributed by atoms with van der Waals surface area (Å²) in [5, 5.41) is 8.40. The molecule has 0 rings (SSSR count). The first-order valence-corrected chi connectivity index (χ1v) is 4.40. The summed E-state index contributed by atoms with van der Waals surface area (Å²) in [5.74, 6) is -1.48. The molecule has 0 heterocycles. The van der Waals surface area contributed by atoms with E-state index in [-0.39, 0.29) is 12.8 Å². The maximum absolute atomic E-state index is 11.2. The van der Waals surface area contributed by atoms with E-state index in [1.165, 1.54) is 0 Å². The molecule has 0 aromatic heterocycles. The summed E-state index contributed by atoms with van der Waals surface area (Å²) < 4.78 is 4.98. The van der Waals surface area contributed by atoms with Crippen LogP contribution in [0.1, 0.15) is 33.6 Å². The van der Waals surface area contributed by atoms with Gasteiger partial charge in [0, 0.05) is 6.04 Å². The van der Waals surface area contributed by atoms with Crippen LogP contribution in [-0.4, -0.2) is 28.7 Å². The zero-order chi connectivity index (χ0) is 11.4. The SMILES string of the molecule is CC(C)(C)OC(=O)CC(N)CC(=O)O. The Morgan fingerprint density at radius 2 is 1.86 bits per heavy atom. The standard InChI is InChI=1S/C9H17NO4/c1-9(2,3)14-8(13)5-6(10)4-7(11)12/h6H,4-5,10H2,1-3H3,(H,11,12). The van der Waals surface area contributed by atoms with Gasteiger partial charge in [-0.3, -0.25) is 9.59 Å². The Balaban J connectivity index is 3.89. The van der Waals surface area contributed by atoms with Gasteiger partial charge in [0.05, 0.1) is 12.8 Å². The molecular weight excluding hydrogens is 186 g/mol. The summed E-state index contributed by atoms with van der Waals surface area (Å²) in [6, 6.07) is -0.678. The van der Waals surface area contributed by atoms with Crippen LogP contribution in [0.4, 0.5) is 0 Å². The summed E-state index contributed by atoms with van der Waals surface area (Å²) in [5.41, 5.74) is 4.86. The fourth-order valence-corrected chi connectivity index (χ4v) is 0.894. The predicted octanol–water partition coefficient (Wildman–Crippen LogP) is 0.520. The minimum Gasteiger partial charge on any atom is -0.481 e.